The maximum atomic E-state index is 13.0. The number of halogens is 2. The second-order valence-corrected chi connectivity index (χ2v) is 7.25. The fraction of sp³-hybridized carbons (Fsp3) is 0. The van der Waals surface area contributed by atoms with Crippen LogP contribution in [0.1, 0.15) is 10.4 Å². The first-order chi connectivity index (χ1) is 12.3. The second kappa shape index (κ2) is 6.77. The van der Waals surface area contributed by atoms with Crippen LogP contribution in [0.25, 0.3) is 0 Å². The van der Waals surface area contributed by atoms with Crippen molar-refractivity contribution >= 4 is 33.4 Å². The summed E-state index contributed by atoms with van der Waals surface area (Å²) in [6.45, 7) is 0. The molecular formula is C16H11ClFN3O4S. The number of nitrogens with two attached hydrogens (primary N) is 1. The highest BCUT2D eigenvalue weighted by Gasteiger charge is 2.23. The third-order valence-electron chi connectivity index (χ3n) is 3.31. The lowest BCUT2D eigenvalue weighted by Gasteiger charge is -2.06. The second-order valence-electron chi connectivity index (χ2n) is 5.08. The maximum absolute atomic E-state index is 13.0. The molecule has 0 aliphatic carbocycles. The number of ether oxygens (including phenoxy) is 1. The van der Waals surface area contributed by atoms with Crippen molar-refractivity contribution in [1.82, 2.24) is 9.19 Å². The molecule has 0 aliphatic heterocycles. The molecule has 26 heavy (non-hydrogen) atoms. The van der Waals surface area contributed by atoms with Crippen molar-refractivity contribution in [2.75, 3.05) is 5.73 Å². The molecule has 0 atom stereocenters. The average Bonchev–Trinajstić information content (AvgIpc) is 2.96. The van der Waals surface area contributed by atoms with Gasteiger partial charge < -0.3 is 10.5 Å². The Balaban J connectivity index is 1.91. The molecular weight excluding hydrogens is 385 g/mol. The minimum Gasteiger partial charge on any atom is -0.402 e. The molecule has 0 fully saturated rings. The zero-order chi connectivity index (χ0) is 18.9. The van der Waals surface area contributed by atoms with Crippen molar-refractivity contribution in [1.29, 1.82) is 0 Å². The van der Waals surface area contributed by atoms with Crippen LogP contribution in [0.2, 0.25) is 5.02 Å². The SMILES string of the molecule is Nc1cc(OC(=O)c2ccccc2Cl)nn1S(=O)(=O)c1ccc(F)cc1. The van der Waals surface area contributed by atoms with E-state index < -0.39 is 21.8 Å². The van der Waals surface area contributed by atoms with Crippen molar-refractivity contribution in [2.45, 2.75) is 4.90 Å². The van der Waals surface area contributed by atoms with E-state index in [9.17, 15) is 17.6 Å². The van der Waals surface area contributed by atoms with E-state index in [0.29, 0.717) is 4.09 Å². The fourth-order valence-corrected chi connectivity index (χ4v) is 3.49. The Hall–Kier alpha value is -2.91. The minimum absolute atomic E-state index is 0.0867. The molecule has 3 aromatic rings. The number of benzene rings is 2. The van der Waals surface area contributed by atoms with E-state index in [2.05, 4.69) is 5.10 Å². The first-order valence-corrected chi connectivity index (χ1v) is 8.94. The Morgan fingerprint density at radius 2 is 1.81 bits per heavy atom. The molecule has 10 heteroatoms. The third-order valence-corrected chi connectivity index (χ3v) is 5.26. The number of esters is 1. The number of anilines is 1. The number of hydrogen-bond donors (Lipinski definition) is 1. The Labute approximate surface area is 152 Å². The highest BCUT2D eigenvalue weighted by Crippen LogP contribution is 2.23. The molecule has 0 unspecified atom stereocenters. The zero-order valence-electron chi connectivity index (χ0n) is 13.0. The number of hydrogen-bond acceptors (Lipinski definition) is 6. The van der Waals surface area contributed by atoms with Gasteiger partial charge in [0.25, 0.3) is 10.0 Å². The smallest absolute Gasteiger partial charge is 0.346 e. The van der Waals surface area contributed by atoms with Gasteiger partial charge in [0.2, 0.25) is 5.88 Å². The molecule has 0 aliphatic rings. The molecule has 1 heterocycles. The van der Waals surface area contributed by atoms with Crippen LogP contribution in [0.15, 0.2) is 59.5 Å². The fourth-order valence-electron chi connectivity index (χ4n) is 2.08. The van der Waals surface area contributed by atoms with Gasteiger partial charge in [-0.25, -0.2) is 9.18 Å². The van der Waals surface area contributed by atoms with E-state index in [1.165, 1.54) is 12.1 Å². The first kappa shape index (κ1) is 17.9. The number of carbonyl (C=O) groups excluding carboxylic acids is 1. The van der Waals surface area contributed by atoms with Gasteiger partial charge in [-0.05, 0) is 36.4 Å². The van der Waals surface area contributed by atoms with Crippen LogP contribution < -0.4 is 10.5 Å². The van der Waals surface area contributed by atoms with E-state index in [1.54, 1.807) is 12.1 Å². The van der Waals surface area contributed by atoms with Crippen LogP contribution in [0.4, 0.5) is 10.2 Å². The molecule has 0 saturated carbocycles. The van der Waals surface area contributed by atoms with Crippen LogP contribution in [-0.4, -0.2) is 23.6 Å². The van der Waals surface area contributed by atoms with E-state index in [0.717, 1.165) is 30.3 Å². The number of nitrogens with zero attached hydrogens (tertiary/aromatic N) is 2. The van der Waals surface area contributed by atoms with Crippen LogP contribution in [0.5, 0.6) is 5.88 Å². The number of carbonyl (C=O) groups is 1. The normalized spacial score (nSPS) is 11.3. The van der Waals surface area contributed by atoms with Gasteiger partial charge in [-0.2, -0.15) is 8.42 Å². The molecule has 2 N–H and O–H groups in total. The standard InChI is InChI=1S/C16H11ClFN3O4S/c17-13-4-2-1-3-12(13)16(22)25-15-9-14(19)21(20-15)26(23,24)11-7-5-10(18)6-8-11/h1-9H,19H2. The number of rotatable bonds is 4. The number of aromatic nitrogens is 2. The summed E-state index contributed by atoms with van der Waals surface area (Å²) in [5.74, 6) is -2.01. The van der Waals surface area contributed by atoms with E-state index in [-0.39, 0.29) is 27.2 Å². The Morgan fingerprint density at radius 3 is 2.46 bits per heavy atom. The molecule has 0 amide bonds. The van der Waals surface area contributed by atoms with Crippen molar-refractivity contribution in [3.05, 3.63) is 71.0 Å². The molecule has 1 aromatic heterocycles. The summed E-state index contributed by atoms with van der Waals surface area (Å²) in [4.78, 5) is 11.9. The van der Waals surface area contributed by atoms with Crippen LogP contribution in [0, 0.1) is 5.82 Å². The summed E-state index contributed by atoms with van der Waals surface area (Å²) >= 11 is 5.91. The third kappa shape index (κ3) is 3.39. The minimum atomic E-state index is -4.18. The molecule has 2 aromatic carbocycles. The first-order valence-electron chi connectivity index (χ1n) is 7.12. The van der Waals surface area contributed by atoms with E-state index >= 15 is 0 Å². The van der Waals surface area contributed by atoms with Crippen molar-refractivity contribution in [3.8, 4) is 5.88 Å². The number of nitrogen functional groups attached to an aromatic ring is 1. The zero-order valence-corrected chi connectivity index (χ0v) is 14.5. The Kier molecular flexibility index (Phi) is 4.66. The van der Waals surface area contributed by atoms with Gasteiger partial charge in [-0.15, -0.1) is 9.19 Å². The summed E-state index contributed by atoms with van der Waals surface area (Å²) in [6, 6.07) is 11.4. The van der Waals surface area contributed by atoms with Gasteiger partial charge in [0, 0.05) is 6.07 Å². The molecule has 0 spiro atoms. The summed E-state index contributed by atoms with van der Waals surface area (Å²) in [6.07, 6.45) is 0. The quantitative estimate of drug-likeness (QED) is 0.681. The van der Waals surface area contributed by atoms with Crippen molar-refractivity contribution in [3.63, 3.8) is 0 Å². The maximum Gasteiger partial charge on any atom is 0.346 e. The van der Waals surface area contributed by atoms with Crippen molar-refractivity contribution in [2.24, 2.45) is 0 Å². The average molecular weight is 396 g/mol. The van der Waals surface area contributed by atoms with Crippen LogP contribution in [-0.2, 0) is 10.0 Å². The van der Waals surface area contributed by atoms with Crippen LogP contribution in [0.3, 0.4) is 0 Å². The predicted molar refractivity (Wildman–Crippen MR) is 92.0 cm³/mol. The molecule has 134 valence electrons. The molecule has 7 nitrogen and oxygen atoms in total. The Morgan fingerprint density at radius 1 is 1.15 bits per heavy atom. The topological polar surface area (TPSA) is 104 Å². The molecule has 0 radical (unpaired) electrons. The summed E-state index contributed by atoms with van der Waals surface area (Å²) < 4.78 is 43.6. The molecule has 0 bridgehead atoms. The lowest BCUT2D eigenvalue weighted by atomic mass is 10.2. The van der Waals surface area contributed by atoms with Gasteiger partial charge in [0.05, 0.1) is 15.5 Å². The van der Waals surface area contributed by atoms with Gasteiger partial charge >= 0.3 is 5.97 Å². The van der Waals surface area contributed by atoms with Crippen molar-refractivity contribution < 1.29 is 22.3 Å². The summed E-state index contributed by atoms with van der Waals surface area (Å²) in [5.41, 5.74) is 5.76. The Bertz CT molecular complexity index is 1080. The summed E-state index contributed by atoms with van der Waals surface area (Å²) in [5, 5.41) is 3.87. The van der Waals surface area contributed by atoms with E-state index in [4.69, 9.17) is 22.1 Å². The van der Waals surface area contributed by atoms with Gasteiger partial charge in [-0.3, -0.25) is 0 Å². The molecule has 0 saturated heterocycles. The van der Waals surface area contributed by atoms with Gasteiger partial charge in [0.1, 0.15) is 11.6 Å². The lowest BCUT2D eigenvalue weighted by Crippen LogP contribution is -2.17. The highest BCUT2D eigenvalue weighted by atomic mass is 35.5. The van der Waals surface area contributed by atoms with Crippen LogP contribution >= 0.6 is 11.6 Å². The van der Waals surface area contributed by atoms with Gasteiger partial charge in [0.15, 0.2) is 0 Å². The molecule has 3 rings (SSSR count). The highest BCUT2D eigenvalue weighted by molar-refractivity contribution is 7.90. The van der Waals surface area contributed by atoms with E-state index in [1.807, 2.05) is 0 Å². The largest absolute Gasteiger partial charge is 0.402 e. The summed E-state index contributed by atoms with van der Waals surface area (Å²) in [7, 11) is -4.18. The lowest BCUT2D eigenvalue weighted by molar-refractivity contribution is 0.0727. The predicted octanol–water partition coefficient (Wildman–Crippen LogP) is 2.71. The monoisotopic (exact) mass is 395 g/mol. The van der Waals surface area contributed by atoms with Gasteiger partial charge in [-0.1, -0.05) is 23.7 Å².